The molecule has 0 unspecified atom stereocenters. The van der Waals surface area contributed by atoms with Crippen molar-refractivity contribution in [2.24, 2.45) is 5.92 Å². The number of nitrogens with one attached hydrogen (secondary N) is 1. The van der Waals surface area contributed by atoms with Crippen LogP contribution in [-0.2, 0) is 22.4 Å². The summed E-state index contributed by atoms with van der Waals surface area (Å²) in [5.41, 5.74) is 0.728. The predicted octanol–water partition coefficient (Wildman–Crippen LogP) is 3.55. The van der Waals surface area contributed by atoms with Gasteiger partial charge in [-0.15, -0.1) is 5.92 Å². The Kier molecular flexibility index (Phi) is 7.50. The van der Waals surface area contributed by atoms with Crippen LogP contribution in [0.2, 0.25) is 0 Å². The molecular weight excluding hydrogens is 445 g/mol. The Hall–Kier alpha value is -3.66. The number of carbonyl (C=O) groups is 3. The Labute approximate surface area is 205 Å². The van der Waals surface area contributed by atoms with Gasteiger partial charge in [-0.3, -0.25) is 14.5 Å². The fraction of sp³-hybridized carbons (Fsp3) is 0.393. The lowest BCUT2D eigenvalue weighted by Crippen LogP contribution is -2.57. The number of rotatable bonds is 7. The number of hydrogen-bond donors (Lipinski definition) is 1. The molecule has 0 aliphatic carbocycles. The van der Waals surface area contributed by atoms with Gasteiger partial charge in [-0.25, -0.2) is 9.18 Å². The number of amides is 4. The van der Waals surface area contributed by atoms with Crippen LogP contribution in [0.15, 0.2) is 54.6 Å². The fourth-order valence-corrected chi connectivity index (χ4v) is 5.14. The van der Waals surface area contributed by atoms with E-state index in [2.05, 4.69) is 17.2 Å². The van der Waals surface area contributed by atoms with E-state index in [0.717, 1.165) is 5.56 Å². The molecule has 1 atom stereocenters. The molecular formula is C28H30FN3O3. The third kappa shape index (κ3) is 5.37. The van der Waals surface area contributed by atoms with Crippen LogP contribution in [0.5, 0.6) is 0 Å². The number of aryl methyl sites for hydroxylation is 1. The first-order valence-corrected chi connectivity index (χ1v) is 12.0. The van der Waals surface area contributed by atoms with E-state index in [4.69, 9.17) is 0 Å². The van der Waals surface area contributed by atoms with E-state index >= 15 is 0 Å². The van der Waals surface area contributed by atoms with Gasteiger partial charge in [0.05, 0.1) is 13.0 Å². The van der Waals surface area contributed by atoms with Crippen LogP contribution >= 0.6 is 0 Å². The van der Waals surface area contributed by atoms with Crippen molar-refractivity contribution in [3.63, 3.8) is 0 Å². The summed E-state index contributed by atoms with van der Waals surface area (Å²) in [6, 6.07) is 15.6. The highest BCUT2D eigenvalue weighted by Crippen LogP contribution is 2.37. The molecule has 0 radical (unpaired) electrons. The van der Waals surface area contributed by atoms with Crippen molar-refractivity contribution >= 4 is 17.8 Å². The summed E-state index contributed by atoms with van der Waals surface area (Å²) in [6.45, 7) is 2.73. The second-order valence-corrected chi connectivity index (χ2v) is 9.17. The van der Waals surface area contributed by atoms with E-state index in [1.54, 1.807) is 24.0 Å². The summed E-state index contributed by atoms with van der Waals surface area (Å²) in [6.07, 6.45) is 2.48. The minimum absolute atomic E-state index is 0.0611. The molecule has 0 aromatic heterocycles. The highest BCUT2D eigenvalue weighted by atomic mass is 19.1. The number of carbonyl (C=O) groups excluding carboxylic acids is 3. The Bertz CT molecular complexity index is 1150. The maximum atomic E-state index is 13.6. The number of piperidine rings is 1. The maximum Gasteiger partial charge on any atom is 0.325 e. The number of benzene rings is 2. The highest BCUT2D eigenvalue weighted by molar-refractivity contribution is 6.07. The van der Waals surface area contributed by atoms with Gasteiger partial charge in [0, 0.05) is 13.1 Å². The number of nitrogens with zero attached hydrogens (tertiary/aromatic N) is 2. The molecule has 2 aliphatic rings. The second kappa shape index (κ2) is 10.7. The maximum absolute atomic E-state index is 13.6. The minimum Gasteiger partial charge on any atom is -0.342 e. The summed E-state index contributed by atoms with van der Waals surface area (Å²) in [5, 5.41) is 3.03. The molecule has 4 amide bonds. The molecule has 6 nitrogen and oxygen atoms in total. The molecule has 2 aromatic rings. The quantitative estimate of drug-likeness (QED) is 0.492. The summed E-state index contributed by atoms with van der Waals surface area (Å²) >= 11 is 0. The van der Waals surface area contributed by atoms with Gasteiger partial charge in [0.2, 0.25) is 5.91 Å². The van der Waals surface area contributed by atoms with Gasteiger partial charge in [0.25, 0.3) is 5.91 Å². The van der Waals surface area contributed by atoms with Gasteiger partial charge in [0.15, 0.2) is 0 Å². The monoisotopic (exact) mass is 475 g/mol. The second-order valence-electron chi connectivity index (χ2n) is 9.17. The molecule has 2 saturated heterocycles. The molecule has 0 spiro atoms. The Balaban J connectivity index is 1.48. The van der Waals surface area contributed by atoms with Crippen molar-refractivity contribution in [1.82, 2.24) is 15.1 Å². The van der Waals surface area contributed by atoms with E-state index in [-0.39, 0.29) is 36.5 Å². The highest BCUT2D eigenvalue weighted by Gasteiger charge is 2.55. The third-order valence-corrected chi connectivity index (χ3v) is 7.06. The van der Waals surface area contributed by atoms with Gasteiger partial charge in [-0.1, -0.05) is 48.4 Å². The van der Waals surface area contributed by atoms with Gasteiger partial charge >= 0.3 is 6.03 Å². The van der Waals surface area contributed by atoms with E-state index in [1.165, 1.54) is 17.0 Å². The normalized spacial score (nSPS) is 20.4. The predicted molar refractivity (Wildman–Crippen MR) is 131 cm³/mol. The number of halogens is 1. The average Bonchev–Trinajstić information content (AvgIpc) is 3.11. The molecule has 2 fully saturated rings. The van der Waals surface area contributed by atoms with E-state index < -0.39 is 11.6 Å². The first kappa shape index (κ1) is 24.5. The lowest BCUT2D eigenvalue weighted by atomic mass is 9.74. The van der Waals surface area contributed by atoms with Crippen LogP contribution in [-0.4, -0.2) is 52.8 Å². The Morgan fingerprint density at radius 1 is 1.09 bits per heavy atom. The zero-order valence-electron chi connectivity index (χ0n) is 19.9. The van der Waals surface area contributed by atoms with Crippen LogP contribution < -0.4 is 5.32 Å². The number of urea groups is 1. The molecule has 4 rings (SSSR count). The molecule has 2 aromatic carbocycles. The minimum atomic E-state index is -1.01. The van der Waals surface area contributed by atoms with Gasteiger partial charge in [-0.05, 0) is 61.8 Å². The van der Waals surface area contributed by atoms with Gasteiger partial charge < -0.3 is 10.2 Å². The van der Waals surface area contributed by atoms with Crippen molar-refractivity contribution in [2.75, 3.05) is 19.6 Å². The summed E-state index contributed by atoms with van der Waals surface area (Å²) in [7, 11) is 0. The molecule has 0 bridgehead atoms. The molecule has 2 heterocycles. The van der Waals surface area contributed by atoms with Crippen molar-refractivity contribution < 1.29 is 18.8 Å². The molecule has 2 aliphatic heterocycles. The lowest BCUT2D eigenvalue weighted by molar-refractivity contribution is -0.135. The van der Waals surface area contributed by atoms with Crippen LogP contribution in [0.3, 0.4) is 0 Å². The number of imide groups is 1. The Morgan fingerprint density at radius 2 is 1.80 bits per heavy atom. The molecule has 35 heavy (non-hydrogen) atoms. The van der Waals surface area contributed by atoms with Gasteiger partial charge in [-0.2, -0.15) is 0 Å². The average molecular weight is 476 g/mol. The van der Waals surface area contributed by atoms with Crippen molar-refractivity contribution in [3.8, 4) is 11.8 Å². The van der Waals surface area contributed by atoms with Crippen molar-refractivity contribution in [3.05, 3.63) is 71.5 Å². The van der Waals surface area contributed by atoms with Crippen molar-refractivity contribution in [2.45, 2.75) is 44.6 Å². The summed E-state index contributed by atoms with van der Waals surface area (Å²) < 4.78 is 13.5. The third-order valence-electron chi connectivity index (χ3n) is 7.06. The van der Waals surface area contributed by atoms with E-state index in [0.29, 0.717) is 44.3 Å². The van der Waals surface area contributed by atoms with Crippen LogP contribution in [0, 0.1) is 23.6 Å². The van der Waals surface area contributed by atoms with Gasteiger partial charge in [0.1, 0.15) is 11.4 Å². The van der Waals surface area contributed by atoms with Crippen LogP contribution in [0.1, 0.15) is 37.3 Å². The summed E-state index contributed by atoms with van der Waals surface area (Å²) in [5.74, 6) is 4.83. The molecule has 7 heteroatoms. The van der Waals surface area contributed by atoms with Crippen molar-refractivity contribution in [1.29, 1.82) is 0 Å². The molecule has 0 saturated carbocycles. The zero-order chi connectivity index (χ0) is 24.8. The first-order valence-electron chi connectivity index (χ1n) is 12.0. The smallest absolute Gasteiger partial charge is 0.325 e. The topological polar surface area (TPSA) is 69.7 Å². The van der Waals surface area contributed by atoms with Crippen LogP contribution in [0.25, 0.3) is 0 Å². The summed E-state index contributed by atoms with van der Waals surface area (Å²) in [4.78, 5) is 42.2. The first-order chi connectivity index (χ1) is 16.9. The van der Waals surface area contributed by atoms with Crippen LogP contribution in [0.4, 0.5) is 9.18 Å². The largest absolute Gasteiger partial charge is 0.342 e. The Morgan fingerprint density at radius 3 is 2.49 bits per heavy atom. The SMILES string of the molecule is CC#CCN1C(=O)N[C@@](CCc2ccccc2)(C2CCN(C(=O)Cc3cccc(F)c3)CC2)C1=O. The molecule has 182 valence electrons. The fourth-order valence-electron chi connectivity index (χ4n) is 5.14. The van der Waals surface area contributed by atoms with E-state index in [1.807, 2.05) is 30.3 Å². The zero-order valence-corrected chi connectivity index (χ0v) is 19.9. The van der Waals surface area contributed by atoms with E-state index in [9.17, 15) is 18.8 Å². The number of hydrogen-bond acceptors (Lipinski definition) is 3. The molecule has 1 N–H and O–H groups in total. The number of likely N-dealkylation sites (tertiary alicyclic amines) is 1. The standard InChI is InChI=1S/C28H30FN3O3/c1-2-3-16-32-26(34)28(30-27(32)35,15-12-21-8-5-4-6-9-21)23-13-17-31(18-14-23)25(33)20-22-10-7-11-24(29)19-22/h4-11,19,23H,12-18,20H2,1H3,(H,30,35)/t28-/m0/s1. The lowest BCUT2D eigenvalue weighted by Gasteiger charge is -2.41.